The highest BCUT2D eigenvalue weighted by atomic mass is 127. The van der Waals surface area contributed by atoms with Crippen LogP contribution in [-0.2, 0) is 18.5 Å². The molecule has 0 radical (unpaired) electrons. The second kappa shape index (κ2) is 10.3. The van der Waals surface area contributed by atoms with Gasteiger partial charge in [-0.05, 0) is 139 Å². The number of rotatable bonds is 7. The second-order valence-electron chi connectivity index (χ2n) is 10.3. The van der Waals surface area contributed by atoms with Crippen LogP contribution in [0.4, 0.5) is 0 Å². The second-order valence-corrected chi connectivity index (χ2v) is 18.3. The van der Waals surface area contributed by atoms with Crippen LogP contribution in [0.2, 0.25) is 0 Å². The zero-order valence-electron chi connectivity index (χ0n) is 20.4. The molecule has 0 saturated heterocycles. The minimum atomic E-state index is -4.15. The van der Waals surface area contributed by atoms with Crippen molar-refractivity contribution < 1.29 is 16.8 Å². The monoisotopic (exact) mass is 872 g/mol. The van der Waals surface area contributed by atoms with Gasteiger partial charge in [0, 0.05) is 31.8 Å². The van der Waals surface area contributed by atoms with E-state index in [1.165, 1.54) is 0 Å². The maximum atomic E-state index is 14.3. The summed E-state index contributed by atoms with van der Waals surface area (Å²) in [6, 6.07) is 23.5. The van der Waals surface area contributed by atoms with Crippen molar-refractivity contribution in [1.82, 2.24) is 0 Å². The van der Waals surface area contributed by atoms with Crippen LogP contribution in [0, 0.1) is 27.5 Å². The highest BCUT2D eigenvalue weighted by molar-refractivity contribution is 14.1. The lowest BCUT2D eigenvalue weighted by molar-refractivity contribution is -0.128. The maximum absolute atomic E-state index is 14.3. The molecule has 0 spiro atoms. The number of carbonyl (C=O) groups excluding carboxylic acids is 1. The molecule has 2 bridgehead atoms. The van der Waals surface area contributed by atoms with E-state index in [0.29, 0.717) is 12.8 Å². The third-order valence-corrected chi connectivity index (χ3v) is 16.6. The Labute approximate surface area is 261 Å². The molecule has 0 heterocycles. The van der Waals surface area contributed by atoms with Crippen molar-refractivity contribution in [2.45, 2.75) is 47.8 Å². The fourth-order valence-corrected chi connectivity index (χ4v) is 17.7. The standard InChI is InChI=1S/C28H27I3O4S2/c1-27(2)19-13-14-28(27,25(32)15-19)18-36(33,34)35-37(21-9-5-3-6-10-21,22-11-7-4-8-12-22)26-23(30)16-20(29)17-24(26)31/h3-12,16-17,19H,13-15,18H2,1-2H3. The largest absolute Gasteiger partial charge is 0.299 e. The van der Waals surface area contributed by atoms with E-state index in [4.69, 9.17) is 3.63 Å². The molecule has 2 unspecified atom stereocenters. The Morgan fingerprint density at radius 2 is 1.41 bits per heavy atom. The van der Waals surface area contributed by atoms with Crippen LogP contribution in [0.5, 0.6) is 0 Å². The van der Waals surface area contributed by atoms with Crippen LogP contribution in [0.3, 0.4) is 0 Å². The topological polar surface area (TPSA) is 60.4 Å². The van der Waals surface area contributed by atoms with Crippen molar-refractivity contribution >= 4 is 94.0 Å². The van der Waals surface area contributed by atoms with Crippen molar-refractivity contribution in [3.63, 3.8) is 0 Å². The highest BCUT2D eigenvalue weighted by Gasteiger charge is 2.65. The summed E-state index contributed by atoms with van der Waals surface area (Å²) in [6.07, 6.45) is 1.95. The van der Waals surface area contributed by atoms with Crippen molar-refractivity contribution in [1.29, 1.82) is 0 Å². The van der Waals surface area contributed by atoms with Crippen molar-refractivity contribution in [3.05, 3.63) is 83.5 Å². The lowest BCUT2D eigenvalue weighted by Gasteiger charge is -2.42. The summed E-state index contributed by atoms with van der Waals surface area (Å²) in [7, 11) is -6.85. The average molecular weight is 872 g/mol. The first-order valence-electron chi connectivity index (χ1n) is 12.0. The van der Waals surface area contributed by atoms with Gasteiger partial charge >= 0.3 is 0 Å². The van der Waals surface area contributed by atoms with Gasteiger partial charge in [-0.1, -0.05) is 50.2 Å². The van der Waals surface area contributed by atoms with Crippen LogP contribution < -0.4 is 0 Å². The Balaban J connectivity index is 1.74. The van der Waals surface area contributed by atoms with Crippen LogP contribution >= 0.6 is 78.1 Å². The molecule has 2 atom stereocenters. The average Bonchev–Trinajstić information content (AvgIpc) is 3.18. The minimum Gasteiger partial charge on any atom is -0.299 e. The summed E-state index contributed by atoms with van der Waals surface area (Å²) in [4.78, 5) is 15.7. The predicted molar refractivity (Wildman–Crippen MR) is 173 cm³/mol. The molecular formula is C28H27I3O4S2. The third-order valence-electron chi connectivity index (χ3n) is 8.17. The van der Waals surface area contributed by atoms with Crippen LogP contribution in [-0.4, -0.2) is 20.0 Å². The van der Waals surface area contributed by atoms with Crippen LogP contribution in [0.15, 0.2) is 87.5 Å². The molecule has 2 fully saturated rings. The Morgan fingerprint density at radius 1 is 0.892 bits per heavy atom. The third kappa shape index (κ3) is 4.74. The summed E-state index contributed by atoms with van der Waals surface area (Å²) in [5.74, 6) is 0.0156. The van der Waals surface area contributed by atoms with E-state index in [2.05, 4.69) is 93.8 Å². The van der Waals surface area contributed by atoms with Crippen molar-refractivity contribution in [2.75, 3.05) is 5.75 Å². The van der Waals surface area contributed by atoms with Gasteiger partial charge in [-0.25, -0.2) is 3.63 Å². The molecule has 0 amide bonds. The zero-order chi connectivity index (χ0) is 26.6. The molecular weight excluding hydrogens is 845 g/mol. The van der Waals surface area contributed by atoms with E-state index in [1.807, 2.05) is 60.7 Å². The van der Waals surface area contributed by atoms with Gasteiger partial charge in [-0.2, -0.15) is 8.42 Å². The number of halogens is 3. The summed E-state index contributed by atoms with van der Waals surface area (Å²) in [5.41, 5.74) is -1.27. The zero-order valence-corrected chi connectivity index (χ0v) is 28.5. The maximum Gasteiger partial charge on any atom is 0.278 e. The van der Waals surface area contributed by atoms with Gasteiger partial charge in [-0.15, -0.1) is 0 Å². The van der Waals surface area contributed by atoms with Gasteiger partial charge in [0.25, 0.3) is 10.1 Å². The number of benzene rings is 3. The molecule has 2 aliphatic carbocycles. The van der Waals surface area contributed by atoms with E-state index in [1.54, 1.807) is 0 Å². The number of hydrogen-bond donors (Lipinski definition) is 0. The van der Waals surface area contributed by atoms with E-state index in [0.717, 1.165) is 31.8 Å². The Bertz CT molecular complexity index is 1400. The summed E-state index contributed by atoms with van der Waals surface area (Å²) in [6.45, 7) is 4.12. The van der Waals surface area contributed by atoms with E-state index in [-0.39, 0.29) is 22.9 Å². The van der Waals surface area contributed by atoms with Gasteiger partial charge < -0.3 is 0 Å². The van der Waals surface area contributed by atoms with Gasteiger partial charge in [-0.3, -0.25) is 4.79 Å². The molecule has 3 aromatic carbocycles. The molecule has 4 nitrogen and oxygen atoms in total. The molecule has 0 aliphatic heterocycles. The summed E-state index contributed by atoms with van der Waals surface area (Å²) in [5, 5.41) is 0. The van der Waals surface area contributed by atoms with Crippen LogP contribution in [0.1, 0.15) is 33.1 Å². The molecule has 0 aromatic heterocycles. The highest BCUT2D eigenvalue weighted by Crippen LogP contribution is 2.72. The first-order chi connectivity index (χ1) is 17.4. The Morgan fingerprint density at radius 3 is 1.84 bits per heavy atom. The summed E-state index contributed by atoms with van der Waals surface area (Å²) >= 11 is 6.89. The fourth-order valence-electron chi connectivity index (χ4n) is 6.10. The lowest BCUT2D eigenvalue weighted by atomic mass is 9.70. The molecule has 196 valence electrons. The van der Waals surface area contributed by atoms with E-state index >= 15 is 0 Å². The molecule has 2 aliphatic rings. The minimum absolute atomic E-state index is 0.0689. The van der Waals surface area contributed by atoms with Gasteiger partial charge in [0.15, 0.2) is 0 Å². The van der Waals surface area contributed by atoms with Gasteiger partial charge in [0.2, 0.25) is 0 Å². The predicted octanol–water partition coefficient (Wildman–Crippen LogP) is 8.44. The molecule has 2 saturated carbocycles. The van der Waals surface area contributed by atoms with E-state index < -0.39 is 25.8 Å². The van der Waals surface area contributed by atoms with E-state index in [9.17, 15) is 13.2 Å². The number of ketones is 1. The number of carbonyl (C=O) groups is 1. The molecule has 0 N–H and O–H groups in total. The quantitative estimate of drug-likeness (QED) is 0.224. The number of fused-ring (bicyclic) bond motifs is 2. The SMILES string of the molecule is CC1(C)C2CCC1(CS(=O)(=O)OS(c1ccccc1)(c1ccccc1)c1c(I)cc(I)cc1I)C(=O)C2. The number of Topliss-reactive ketones (excluding diaryl/α,β-unsaturated/α-hetero) is 1. The number of hydrogen-bond acceptors (Lipinski definition) is 4. The van der Waals surface area contributed by atoms with Crippen LogP contribution in [0.25, 0.3) is 0 Å². The normalized spacial score (nSPS) is 23.4. The first kappa shape index (κ1) is 28.3. The Hall–Kier alpha value is -0.220. The van der Waals surface area contributed by atoms with Crippen molar-refractivity contribution in [2.24, 2.45) is 16.7 Å². The smallest absolute Gasteiger partial charge is 0.278 e. The van der Waals surface area contributed by atoms with Crippen molar-refractivity contribution in [3.8, 4) is 0 Å². The Kier molecular flexibility index (Phi) is 7.89. The molecule has 9 heteroatoms. The first-order valence-corrected chi connectivity index (χ1v) is 18.4. The van der Waals surface area contributed by atoms with Gasteiger partial charge in [0.05, 0.1) is 11.2 Å². The molecule has 37 heavy (non-hydrogen) atoms. The summed E-state index contributed by atoms with van der Waals surface area (Å²) < 4.78 is 38.1. The van der Waals surface area contributed by atoms with Gasteiger partial charge in [0.1, 0.15) is 5.78 Å². The molecule has 3 aromatic rings. The fraction of sp³-hybridized carbons (Fsp3) is 0.321. The lowest BCUT2D eigenvalue weighted by Crippen LogP contribution is -2.42. The molecule has 5 rings (SSSR count).